The van der Waals surface area contributed by atoms with Gasteiger partial charge in [-0.25, -0.2) is 48.7 Å². The van der Waals surface area contributed by atoms with Crippen molar-refractivity contribution in [3.63, 3.8) is 0 Å². The number of nitrogens with one attached hydrogen (secondary N) is 1. The molecule has 75 heavy (non-hydrogen) atoms. The van der Waals surface area contributed by atoms with Crippen molar-refractivity contribution in [1.82, 2.24) is 19.9 Å². The summed E-state index contributed by atoms with van der Waals surface area (Å²) >= 11 is 3.40. The van der Waals surface area contributed by atoms with Crippen molar-refractivity contribution in [3.05, 3.63) is 93.6 Å². The number of ether oxygens (including phenoxy) is 6. The lowest BCUT2D eigenvalue weighted by atomic mass is 10.2. The van der Waals surface area contributed by atoms with E-state index in [1.54, 1.807) is 93.8 Å². The highest BCUT2D eigenvalue weighted by Gasteiger charge is 2.25. The predicted molar refractivity (Wildman–Crippen MR) is 291 cm³/mol. The highest BCUT2D eigenvalue weighted by atomic mass is 79.9. The van der Waals surface area contributed by atoms with Gasteiger partial charge in [0.1, 0.15) is 45.7 Å². The molecule has 0 bridgehead atoms. The SMILES string of the molecule is COC(=O)c1cc(C)nc(N(C)C(=O)OC(C)(C)C)c1.COC(=O)c1cc(C)nc(NC(=O)OC(C)(C)C)c1.Cc1cc(CBr)cc(N(C)C(=O)OC(C)(C)C)n1.Cc1cc(CO)cc(N(C)C(=O)OC(C)(C)C)n1. The van der Waals surface area contributed by atoms with Gasteiger partial charge < -0.3 is 33.5 Å². The molecule has 0 aliphatic heterocycles. The number of anilines is 4. The van der Waals surface area contributed by atoms with Gasteiger partial charge in [-0.1, -0.05) is 15.9 Å². The van der Waals surface area contributed by atoms with Crippen LogP contribution < -0.4 is 20.0 Å². The highest BCUT2D eigenvalue weighted by molar-refractivity contribution is 9.08. The Bertz CT molecular complexity index is 2520. The van der Waals surface area contributed by atoms with Crippen molar-refractivity contribution in [2.45, 2.75) is 145 Å². The Kier molecular flexibility index (Phi) is 25.2. The standard InChI is InChI=1S/C14H20N2O4.C13H19BrN2O2.C13H18N2O4.C13H20N2O3/c1-9-7-10(12(17)19-6)8-11(15-9)16(5)13(18)20-14(2,3)4;1-9-6-10(8-14)7-11(15-9)16(5)12(17)18-13(2,3)4;1-8-6-9(11(16)18-5)7-10(14-8)15-12(17)19-13(2,3)4;1-9-6-10(8-16)7-11(14-9)15(5)12(17)18-13(2,3)4/h7-8H,1-6H3;6-7H,8H2,1-5H3;6-7H,1-5H3,(H,14,15,17);6-7,16H,8H2,1-5H3. The van der Waals surface area contributed by atoms with Crippen LogP contribution in [0.5, 0.6) is 0 Å². The quantitative estimate of drug-likeness (QED) is 0.0945. The summed E-state index contributed by atoms with van der Waals surface area (Å²) in [6.07, 6.45) is -2.03. The lowest BCUT2D eigenvalue weighted by molar-refractivity contribution is 0.0576. The summed E-state index contributed by atoms with van der Waals surface area (Å²) in [6.45, 7) is 28.6. The van der Waals surface area contributed by atoms with Crippen LogP contribution in [0.15, 0.2) is 48.5 Å². The van der Waals surface area contributed by atoms with Gasteiger partial charge >= 0.3 is 36.3 Å². The molecule has 0 saturated heterocycles. The number of carbonyl (C=O) groups is 6. The first-order valence-corrected chi connectivity index (χ1v) is 24.6. The molecule has 2 N–H and O–H groups in total. The number of aryl methyl sites for hydroxylation is 4. The largest absolute Gasteiger partial charge is 0.465 e. The van der Waals surface area contributed by atoms with Gasteiger partial charge in [-0.15, -0.1) is 0 Å². The number of carbonyl (C=O) groups excluding carboxylic acids is 6. The summed E-state index contributed by atoms with van der Waals surface area (Å²) in [6, 6.07) is 13.4. The number of hydrogen-bond donors (Lipinski definition) is 2. The number of aliphatic hydroxyl groups is 1. The zero-order chi connectivity index (χ0) is 58.0. The average Bonchev–Trinajstić information content (AvgIpc) is 3.27. The molecular weight excluding hydrogens is 1040 g/mol. The number of aromatic nitrogens is 4. The zero-order valence-electron chi connectivity index (χ0n) is 47.4. The Morgan fingerprint density at radius 2 is 0.813 bits per heavy atom. The topological polar surface area (TPSA) is 251 Å². The second-order valence-electron chi connectivity index (χ2n) is 20.7. The molecule has 4 aromatic rings. The van der Waals surface area contributed by atoms with Crippen LogP contribution in [0, 0.1) is 27.7 Å². The minimum absolute atomic E-state index is 0.0848. The van der Waals surface area contributed by atoms with Gasteiger partial charge in [0.25, 0.3) is 0 Å². The van der Waals surface area contributed by atoms with Gasteiger partial charge in [-0.2, -0.15) is 0 Å². The molecule has 4 amide bonds. The van der Waals surface area contributed by atoms with Crippen molar-refractivity contribution >= 4 is 75.5 Å². The number of hydrogen-bond acceptors (Lipinski definition) is 17. The van der Waals surface area contributed by atoms with Gasteiger partial charge in [-0.3, -0.25) is 20.0 Å². The molecule has 0 spiro atoms. The Morgan fingerprint density at radius 3 is 1.16 bits per heavy atom. The summed E-state index contributed by atoms with van der Waals surface area (Å²) in [7, 11) is 7.39. The highest BCUT2D eigenvalue weighted by Crippen LogP contribution is 2.22. The first-order valence-electron chi connectivity index (χ1n) is 23.5. The number of nitrogens with zero attached hydrogens (tertiary/aromatic N) is 7. The molecule has 0 aliphatic rings. The fourth-order valence-corrected chi connectivity index (χ4v) is 5.98. The molecule has 22 heteroatoms. The first-order chi connectivity index (χ1) is 34.3. The second-order valence-corrected chi connectivity index (χ2v) is 21.3. The number of esters is 2. The number of alkyl halides is 1. The van der Waals surface area contributed by atoms with Crippen LogP contribution in [-0.4, -0.2) is 119 Å². The van der Waals surface area contributed by atoms with Crippen molar-refractivity contribution in [2.75, 3.05) is 55.4 Å². The molecule has 0 aromatic carbocycles. The maximum atomic E-state index is 12.0. The van der Waals surface area contributed by atoms with E-state index in [9.17, 15) is 28.8 Å². The van der Waals surface area contributed by atoms with Gasteiger partial charge in [0.05, 0.1) is 32.0 Å². The first kappa shape index (κ1) is 66.1. The number of rotatable bonds is 8. The summed E-state index contributed by atoms with van der Waals surface area (Å²) in [5.41, 5.74) is 3.02. The van der Waals surface area contributed by atoms with Gasteiger partial charge in [0, 0.05) is 49.2 Å². The normalized spacial score (nSPS) is 11.0. The van der Waals surface area contributed by atoms with Gasteiger partial charge in [-0.05, 0) is 170 Å². The van der Waals surface area contributed by atoms with Crippen LogP contribution >= 0.6 is 15.9 Å². The fraction of sp³-hybridized carbons (Fsp3) is 0.509. The smallest absolute Gasteiger partial charge is 0.415 e. The molecule has 4 aromatic heterocycles. The van der Waals surface area contributed by atoms with E-state index in [4.69, 9.17) is 24.1 Å². The summed E-state index contributed by atoms with van der Waals surface area (Å²) < 4.78 is 30.2. The Hall–Kier alpha value is -6.94. The number of pyridine rings is 4. The van der Waals surface area contributed by atoms with Crippen LogP contribution in [0.25, 0.3) is 0 Å². The summed E-state index contributed by atoms with van der Waals surface area (Å²) in [4.78, 5) is 91.3. The van der Waals surface area contributed by atoms with Crippen molar-refractivity contribution in [3.8, 4) is 0 Å². The fourth-order valence-electron chi connectivity index (χ4n) is 5.66. The van der Waals surface area contributed by atoms with E-state index in [1.165, 1.54) is 48.1 Å². The third-order valence-electron chi connectivity index (χ3n) is 8.73. The molecule has 0 unspecified atom stereocenters. The van der Waals surface area contributed by atoms with E-state index in [1.807, 2.05) is 67.5 Å². The molecule has 414 valence electrons. The third-order valence-corrected chi connectivity index (χ3v) is 9.38. The lowest BCUT2D eigenvalue weighted by Crippen LogP contribution is -2.34. The molecule has 0 radical (unpaired) electrons. The number of aliphatic hydroxyl groups excluding tert-OH is 1. The van der Waals surface area contributed by atoms with Crippen LogP contribution in [0.3, 0.4) is 0 Å². The van der Waals surface area contributed by atoms with E-state index in [2.05, 4.69) is 50.7 Å². The van der Waals surface area contributed by atoms with Crippen molar-refractivity contribution in [1.29, 1.82) is 0 Å². The monoisotopic (exact) mass is 1110 g/mol. The number of methoxy groups -OCH3 is 2. The van der Waals surface area contributed by atoms with Crippen LogP contribution in [-0.2, 0) is 40.4 Å². The van der Waals surface area contributed by atoms with Crippen LogP contribution in [0.4, 0.5) is 42.4 Å². The maximum Gasteiger partial charge on any atom is 0.415 e. The minimum atomic E-state index is -0.624. The lowest BCUT2D eigenvalue weighted by Gasteiger charge is -2.24. The van der Waals surface area contributed by atoms with Crippen LogP contribution in [0.1, 0.15) is 138 Å². The summed E-state index contributed by atoms with van der Waals surface area (Å²) in [5.74, 6) is 0.674. The number of halogens is 1. The third kappa shape index (κ3) is 25.7. The Balaban J connectivity index is 0.000000500. The molecular formula is C53H77BrN8O13. The van der Waals surface area contributed by atoms with E-state index in [0.29, 0.717) is 45.5 Å². The van der Waals surface area contributed by atoms with Crippen molar-refractivity contribution in [2.24, 2.45) is 0 Å². The molecule has 21 nitrogen and oxygen atoms in total. The molecule has 0 atom stereocenters. The van der Waals surface area contributed by atoms with Crippen LogP contribution in [0.2, 0.25) is 0 Å². The Labute approximate surface area is 450 Å². The van der Waals surface area contributed by atoms with Gasteiger partial charge in [0.2, 0.25) is 0 Å². The van der Waals surface area contributed by atoms with E-state index < -0.39 is 58.7 Å². The van der Waals surface area contributed by atoms with E-state index in [0.717, 1.165) is 22.3 Å². The van der Waals surface area contributed by atoms with Crippen molar-refractivity contribution < 1.29 is 62.3 Å². The summed E-state index contributed by atoms with van der Waals surface area (Å²) in [5, 5.41) is 12.3. The van der Waals surface area contributed by atoms with Gasteiger partial charge in [0.15, 0.2) is 0 Å². The second kappa shape index (κ2) is 28.7. The molecule has 0 fully saturated rings. The Morgan fingerprint density at radius 1 is 0.493 bits per heavy atom. The number of amides is 4. The predicted octanol–water partition coefficient (Wildman–Crippen LogP) is 11.0. The van der Waals surface area contributed by atoms with E-state index in [-0.39, 0.29) is 12.4 Å². The minimum Gasteiger partial charge on any atom is -0.465 e. The zero-order valence-corrected chi connectivity index (χ0v) is 49.0. The van der Waals surface area contributed by atoms with E-state index >= 15 is 0 Å². The molecule has 0 aliphatic carbocycles. The maximum absolute atomic E-state index is 12.0. The molecule has 0 saturated carbocycles. The molecule has 4 heterocycles. The molecule has 4 rings (SSSR count). The average molecular weight is 1110 g/mol.